The summed E-state index contributed by atoms with van der Waals surface area (Å²) in [5.74, 6) is -0.296. The highest BCUT2D eigenvalue weighted by Gasteiger charge is 2.34. The third-order valence-corrected chi connectivity index (χ3v) is 4.79. The minimum Gasteiger partial charge on any atom is -0.337 e. The summed E-state index contributed by atoms with van der Waals surface area (Å²) >= 11 is 0. The second-order valence-electron chi connectivity index (χ2n) is 6.37. The lowest BCUT2D eigenvalue weighted by atomic mass is 10.1. The quantitative estimate of drug-likeness (QED) is 0.831. The Kier molecular flexibility index (Phi) is 4.62. The topological polar surface area (TPSA) is 23.6 Å². The molecule has 1 amide bonds. The molecule has 1 aromatic carbocycles. The lowest BCUT2D eigenvalue weighted by Gasteiger charge is -2.32. The van der Waals surface area contributed by atoms with Gasteiger partial charge in [-0.15, -0.1) is 0 Å². The number of likely N-dealkylation sites (tertiary alicyclic amines) is 2. The summed E-state index contributed by atoms with van der Waals surface area (Å²) in [5.41, 5.74) is -0.644. The van der Waals surface area contributed by atoms with E-state index >= 15 is 0 Å². The monoisotopic (exact) mass is 326 g/mol. The van der Waals surface area contributed by atoms with Crippen molar-refractivity contribution in [3.05, 3.63) is 35.4 Å². The molecular formula is C17H21F3N2O. The van der Waals surface area contributed by atoms with E-state index in [0.717, 1.165) is 31.6 Å². The van der Waals surface area contributed by atoms with Crippen LogP contribution in [0.4, 0.5) is 13.2 Å². The first-order chi connectivity index (χ1) is 10.9. The summed E-state index contributed by atoms with van der Waals surface area (Å²) in [6, 6.07) is 5.07. The van der Waals surface area contributed by atoms with Gasteiger partial charge in [0.2, 0.25) is 0 Å². The molecule has 2 fully saturated rings. The average molecular weight is 326 g/mol. The second-order valence-corrected chi connectivity index (χ2v) is 6.37. The zero-order chi connectivity index (χ0) is 16.4. The zero-order valence-electron chi connectivity index (χ0n) is 13.0. The Bertz CT molecular complexity index is 567. The van der Waals surface area contributed by atoms with Crippen molar-refractivity contribution >= 4 is 5.91 Å². The first kappa shape index (κ1) is 16.3. The predicted molar refractivity (Wildman–Crippen MR) is 81.2 cm³/mol. The van der Waals surface area contributed by atoms with Crippen LogP contribution in [0.1, 0.15) is 41.6 Å². The van der Waals surface area contributed by atoms with E-state index in [0.29, 0.717) is 19.1 Å². The number of alkyl halides is 3. The maximum absolute atomic E-state index is 12.8. The molecule has 3 rings (SSSR count). The third kappa shape index (κ3) is 3.68. The summed E-state index contributed by atoms with van der Waals surface area (Å²) in [5, 5.41) is 0. The van der Waals surface area contributed by atoms with E-state index in [9.17, 15) is 18.0 Å². The van der Waals surface area contributed by atoms with Gasteiger partial charge in [-0.2, -0.15) is 13.2 Å². The Morgan fingerprint density at radius 1 is 1.09 bits per heavy atom. The van der Waals surface area contributed by atoms with Crippen molar-refractivity contribution in [2.75, 3.05) is 26.2 Å². The molecule has 1 atom stereocenters. The Hall–Kier alpha value is -1.56. The van der Waals surface area contributed by atoms with Gasteiger partial charge in [-0.1, -0.05) is 12.5 Å². The molecule has 6 heteroatoms. The van der Waals surface area contributed by atoms with Crippen molar-refractivity contribution in [3.8, 4) is 0 Å². The van der Waals surface area contributed by atoms with Crippen molar-refractivity contribution in [1.82, 2.24) is 9.80 Å². The number of halogens is 3. The van der Waals surface area contributed by atoms with Gasteiger partial charge in [0, 0.05) is 24.7 Å². The van der Waals surface area contributed by atoms with Crippen LogP contribution in [-0.2, 0) is 6.18 Å². The van der Waals surface area contributed by atoms with Crippen LogP contribution in [0.15, 0.2) is 24.3 Å². The second kappa shape index (κ2) is 6.51. The van der Waals surface area contributed by atoms with E-state index in [-0.39, 0.29) is 11.5 Å². The number of hydrogen-bond donors (Lipinski definition) is 0. The average Bonchev–Trinajstić information content (AvgIpc) is 3.04. The molecule has 0 unspecified atom stereocenters. The molecule has 0 bridgehead atoms. The summed E-state index contributed by atoms with van der Waals surface area (Å²) in [6.07, 6.45) is 0.134. The lowest BCUT2D eigenvalue weighted by Crippen LogP contribution is -2.41. The smallest absolute Gasteiger partial charge is 0.337 e. The van der Waals surface area contributed by atoms with Gasteiger partial charge in [0.05, 0.1) is 5.56 Å². The fourth-order valence-corrected chi connectivity index (χ4v) is 3.52. The number of amides is 1. The van der Waals surface area contributed by atoms with E-state index in [4.69, 9.17) is 0 Å². The highest BCUT2D eigenvalue weighted by Crippen LogP contribution is 2.30. The van der Waals surface area contributed by atoms with Gasteiger partial charge in [0.25, 0.3) is 5.91 Å². The number of carbonyl (C=O) groups is 1. The molecule has 2 aliphatic heterocycles. The van der Waals surface area contributed by atoms with Crippen LogP contribution >= 0.6 is 0 Å². The maximum Gasteiger partial charge on any atom is 0.416 e. The number of benzene rings is 1. The van der Waals surface area contributed by atoms with Crippen molar-refractivity contribution < 1.29 is 18.0 Å². The molecule has 0 saturated carbocycles. The summed E-state index contributed by atoms with van der Waals surface area (Å²) in [4.78, 5) is 16.6. The van der Waals surface area contributed by atoms with E-state index in [1.807, 2.05) is 0 Å². The number of nitrogens with zero attached hydrogens (tertiary/aromatic N) is 2. The van der Waals surface area contributed by atoms with Gasteiger partial charge in [-0.25, -0.2) is 0 Å². The van der Waals surface area contributed by atoms with E-state index in [1.165, 1.54) is 31.4 Å². The van der Waals surface area contributed by atoms with Crippen LogP contribution in [0, 0.1) is 0 Å². The summed E-state index contributed by atoms with van der Waals surface area (Å²) < 4.78 is 38.3. The van der Waals surface area contributed by atoms with E-state index in [1.54, 1.807) is 4.90 Å². The molecule has 23 heavy (non-hydrogen) atoms. The standard InChI is InChI=1S/C17H21F3N2O/c18-17(19,20)14-6-4-5-13(11-14)16(23)22-10-7-15(12-22)21-8-2-1-3-9-21/h4-6,11,15H,1-3,7-10,12H2/t15-/m0/s1. The van der Waals surface area contributed by atoms with Gasteiger partial charge >= 0.3 is 6.18 Å². The Morgan fingerprint density at radius 2 is 1.83 bits per heavy atom. The molecule has 0 radical (unpaired) electrons. The molecule has 0 spiro atoms. The van der Waals surface area contributed by atoms with Crippen LogP contribution < -0.4 is 0 Å². The number of piperidine rings is 1. The van der Waals surface area contributed by atoms with Gasteiger partial charge in [-0.3, -0.25) is 9.69 Å². The van der Waals surface area contributed by atoms with Crippen LogP contribution in [0.25, 0.3) is 0 Å². The Morgan fingerprint density at radius 3 is 2.52 bits per heavy atom. The molecule has 126 valence electrons. The van der Waals surface area contributed by atoms with Crippen molar-refractivity contribution in [2.24, 2.45) is 0 Å². The SMILES string of the molecule is O=C(c1cccc(C(F)(F)F)c1)N1CC[C@H](N2CCCCC2)C1. The zero-order valence-corrected chi connectivity index (χ0v) is 13.0. The van der Waals surface area contributed by atoms with Gasteiger partial charge in [0.15, 0.2) is 0 Å². The normalized spacial score (nSPS) is 23.3. The van der Waals surface area contributed by atoms with Gasteiger partial charge < -0.3 is 4.90 Å². The molecule has 0 aliphatic carbocycles. The first-order valence-corrected chi connectivity index (χ1v) is 8.16. The van der Waals surface area contributed by atoms with Crippen LogP contribution in [0.2, 0.25) is 0 Å². The first-order valence-electron chi connectivity index (χ1n) is 8.16. The minimum atomic E-state index is -4.42. The number of carbonyl (C=O) groups excluding carboxylic acids is 1. The molecule has 1 aromatic rings. The van der Waals surface area contributed by atoms with Crippen molar-refractivity contribution in [2.45, 2.75) is 37.9 Å². The fourth-order valence-electron chi connectivity index (χ4n) is 3.52. The predicted octanol–water partition coefficient (Wildman–Crippen LogP) is 3.41. The maximum atomic E-state index is 12.8. The van der Waals surface area contributed by atoms with Crippen molar-refractivity contribution in [3.63, 3.8) is 0 Å². The van der Waals surface area contributed by atoms with Crippen LogP contribution in [0.3, 0.4) is 0 Å². The molecule has 2 heterocycles. The minimum absolute atomic E-state index is 0.124. The lowest BCUT2D eigenvalue weighted by molar-refractivity contribution is -0.137. The number of hydrogen-bond acceptors (Lipinski definition) is 2. The highest BCUT2D eigenvalue weighted by molar-refractivity contribution is 5.94. The molecular weight excluding hydrogens is 305 g/mol. The van der Waals surface area contributed by atoms with Crippen LogP contribution in [0.5, 0.6) is 0 Å². The van der Waals surface area contributed by atoms with Crippen LogP contribution in [-0.4, -0.2) is 47.9 Å². The highest BCUT2D eigenvalue weighted by atomic mass is 19.4. The summed E-state index contributed by atoms with van der Waals surface area (Å²) in [6.45, 7) is 3.37. The van der Waals surface area contributed by atoms with E-state index < -0.39 is 11.7 Å². The Balaban J connectivity index is 1.67. The van der Waals surface area contributed by atoms with Gasteiger partial charge in [0.1, 0.15) is 0 Å². The third-order valence-electron chi connectivity index (χ3n) is 4.79. The Labute approximate surface area is 134 Å². The molecule has 0 N–H and O–H groups in total. The largest absolute Gasteiger partial charge is 0.416 e. The van der Waals surface area contributed by atoms with Gasteiger partial charge in [-0.05, 0) is 50.6 Å². The molecule has 0 aromatic heterocycles. The fraction of sp³-hybridized carbons (Fsp3) is 0.588. The molecule has 2 aliphatic rings. The van der Waals surface area contributed by atoms with Crippen molar-refractivity contribution in [1.29, 1.82) is 0 Å². The molecule has 2 saturated heterocycles. The van der Waals surface area contributed by atoms with E-state index in [2.05, 4.69) is 4.90 Å². The summed E-state index contributed by atoms with van der Waals surface area (Å²) in [7, 11) is 0. The molecule has 3 nitrogen and oxygen atoms in total. The number of rotatable bonds is 2.